The van der Waals surface area contributed by atoms with Gasteiger partial charge in [-0.05, 0) is 42.3 Å². The topological polar surface area (TPSA) is 21.3 Å². The SMILES string of the molecule is Brc1ccc(OCc2ccccc2)c(CNCCc2ccccc2)c1.Cl. The van der Waals surface area contributed by atoms with Crippen molar-refractivity contribution in [1.82, 2.24) is 5.32 Å². The van der Waals surface area contributed by atoms with Crippen LogP contribution in [0.5, 0.6) is 5.75 Å². The van der Waals surface area contributed by atoms with Crippen molar-refractivity contribution in [3.63, 3.8) is 0 Å². The van der Waals surface area contributed by atoms with Gasteiger partial charge in [0.15, 0.2) is 0 Å². The van der Waals surface area contributed by atoms with Crippen LogP contribution >= 0.6 is 28.3 Å². The Morgan fingerprint density at radius 3 is 2.15 bits per heavy atom. The smallest absolute Gasteiger partial charge is 0.124 e. The van der Waals surface area contributed by atoms with Crippen LogP contribution in [-0.2, 0) is 19.6 Å². The van der Waals surface area contributed by atoms with Gasteiger partial charge >= 0.3 is 0 Å². The van der Waals surface area contributed by atoms with Gasteiger partial charge in [-0.25, -0.2) is 0 Å². The molecule has 0 unspecified atom stereocenters. The largest absolute Gasteiger partial charge is 0.489 e. The van der Waals surface area contributed by atoms with Crippen molar-refractivity contribution in [3.05, 3.63) is 100 Å². The third-order valence-corrected chi connectivity index (χ3v) is 4.50. The number of nitrogens with one attached hydrogen (secondary N) is 1. The molecule has 0 fully saturated rings. The van der Waals surface area contributed by atoms with E-state index >= 15 is 0 Å². The van der Waals surface area contributed by atoms with Crippen LogP contribution < -0.4 is 10.1 Å². The van der Waals surface area contributed by atoms with E-state index in [1.54, 1.807) is 0 Å². The normalized spacial score (nSPS) is 10.2. The molecule has 0 saturated carbocycles. The van der Waals surface area contributed by atoms with E-state index in [1.165, 1.54) is 16.7 Å². The lowest BCUT2D eigenvalue weighted by molar-refractivity contribution is 0.302. The molecule has 1 N–H and O–H groups in total. The molecule has 26 heavy (non-hydrogen) atoms. The van der Waals surface area contributed by atoms with E-state index < -0.39 is 0 Å². The van der Waals surface area contributed by atoms with Crippen LogP contribution in [0.4, 0.5) is 0 Å². The minimum atomic E-state index is 0. The number of benzene rings is 3. The van der Waals surface area contributed by atoms with Gasteiger partial charge in [0.1, 0.15) is 12.4 Å². The molecular formula is C22H23BrClNO. The maximum absolute atomic E-state index is 6.03. The van der Waals surface area contributed by atoms with Crippen LogP contribution in [0.1, 0.15) is 16.7 Å². The van der Waals surface area contributed by atoms with Crippen molar-refractivity contribution >= 4 is 28.3 Å². The first kappa shape index (κ1) is 20.5. The fraction of sp³-hybridized carbons (Fsp3) is 0.182. The molecule has 0 amide bonds. The van der Waals surface area contributed by atoms with Crippen LogP contribution in [0.15, 0.2) is 83.3 Å². The van der Waals surface area contributed by atoms with Gasteiger partial charge in [-0.2, -0.15) is 0 Å². The average molecular weight is 433 g/mol. The van der Waals surface area contributed by atoms with Gasteiger partial charge in [0.25, 0.3) is 0 Å². The predicted molar refractivity (Wildman–Crippen MR) is 114 cm³/mol. The van der Waals surface area contributed by atoms with E-state index in [-0.39, 0.29) is 12.4 Å². The summed E-state index contributed by atoms with van der Waals surface area (Å²) in [5.41, 5.74) is 3.69. The first-order chi connectivity index (χ1) is 12.3. The molecule has 0 aliphatic heterocycles. The van der Waals surface area contributed by atoms with Crippen LogP contribution in [0, 0.1) is 0 Å². The van der Waals surface area contributed by atoms with Crippen molar-refractivity contribution < 1.29 is 4.74 Å². The number of hydrogen-bond acceptors (Lipinski definition) is 2. The van der Waals surface area contributed by atoms with Gasteiger partial charge in [0, 0.05) is 16.6 Å². The van der Waals surface area contributed by atoms with E-state index in [4.69, 9.17) is 4.74 Å². The molecule has 3 rings (SSSR count). The zero-order valence-electron chi connectivity index (χ0n) is 14.5. The minimum Gasteiger partial charge on any atom is -0.489 e. The third kappa shape index (κ3) is 6.49. The Bertz CT molecular complexity index is 781. The fourth-order valence-corrected chi connectivity index (χ4v) is 3.07. The zero-order chi connectivity index (χ0) is 17.3. The summed E-state index contributed by atoms with van der Waals surface area (Å²) in [5, 5.41) is 3.52. The molecule has 0 bridgehead atoms. The summed E-state index contributed by atoms with van der Waals surface area (Å²) in [6.07, 6.45) is 1.02. The number of rotatable bonds is 8. The zero-order valence-corrected chi connectivity index (χ0v) is 16.9. The van der Waals surface area contributed by atoms with Crippen molar-refractivity contribution in [2.75, 3.05) is 6.54 Å². The highest BCUT2D eigenvalue weighted by molar-refractivity contribution is 9.10. The molecule has 0 radical (unpaired) electrons. The second-order valence-electron chi connectivity index (χ2n) is 5.94. The van der Waals surface area contributed by atoms with Crippen LogP contribution in [0.25, 0.3) is 0 Å². The first-order valence-corrected chi connectivity index (χ1v) is 9.30. The Kier molecular flexibility index (Phi) is 8.69. The summed E-state index contributed by atoms with van der Waals surface area (Å²) < 4.78 is 7.10. The highest BCUT2D eigenvalue weighted by atomic mass is 79.9. The first-order valence-electron chi connectivity index (χ1n) is 8.51. The molecule has 2 nitrogen and oxygen atoms in total. The standard InChI is InChI=1S/C22H22BrNO.ClH/c23-21-11-12-22(25-17-19-9-5-2-6-10-19)20(15-21)16-24-14-13-18-7-3-1-4-8-18;/h1-12,15,24H,13-14,16-17H2;1H. The van der Waals surface area contributed by atoms with Crippen molar-refractivity contribution in [2.45, 2.75) is 19.6 Å². The maximum atomic E-state index is 6.03. The summed E-state index contributed by atoms with van der Waals surface area (Å²) in [6, 6.07) is 27.0. The Morgan fingerprint density at radius 2 is 1.46 bits per heavy atom. The van der Waals surface area contributed by atoms with Gasteiger partial charge < -0.3 is 10.1 Å². The van der Waals surface area contributed by atoms with Crippen molar-refractivity contribution in [2.24, 2.45) is 0 Å². The van der Waals surface area contributed by atoms with E-state index in [2.05, 4.69) is 69.8 Å². The predicted octanol–water partition coefficient (Wildman–Crippen LogP) is 5.78. The maximum Gasteiger partial charge on any atom is 0.124 e. The third-order valence-electron chi connectivity index (χ3n) is 4.01. The summed E-state index contributed by atoms with van der Waals surface area (Å²) >= 11 is 3.55. The highest BCUT2D eigenvalue weighted by Crippen LogP contribution is 2.24. The summed E-state index contributed by atoms with van der Waals surface area (Å²) in [5.74, 6) is 0.930. The Hall–Kier alpha value is -1.81. The highest BCUT2D eigenvalue weighted by Gasteiger charge is 2.05. The van der Waals surface area contributed by atoms with Crippen LogP contribution in [0.2, 0.25) is 0 Å². The molecule has 0 heterocycles. The monoisotopic (exact) mass is 431 g/mol. The number of ether oxygens (including phenoxy) is 1. The number of hydrogen-bond donors (Lipinski definition) is 1. The molecule has 3 aromatic rings. The minimum absolute atomic E-state index is 0. The second-order valence-corrected chi connectivity index (χ2v) is 6.85. The lowest BCUT2D eigenvalue weighted by Crippen LogP contribution is -2.17. The van der Waals surface area contributed by atoms with Crippen molar-refractivity contribution in [3.8, 4) is 5.75 Å². The molecule has 0 aliphatic rings. The summed E-state index contributed by atoms with van der Waals surface area (Å²) in [4.78, 5) is 0. The Balaban J connectivity index is 0.00000243. The molecule has 3 aromatic carbocycles. The summed E-state index contributed by atoms with van der Waals surface area (Å²) in [6.45, 7) is 2.31. The summed E-state index contributed by atoms with van der Waals surface area (Å²) in [7, 11) is 0. The van der Waals surface area contributed by atoms with Gasteiger partial charge in [0.2, 0.25) is 0 Å². The van der Waals surface area contributed by atoms with Gasteiger partial charge in [-0.15, -0.1) is 12.4 Å². The van der Waals surface area contributed by atoms with Crippen LogP contribution in [0.3, 0.4) is 0 Å². The van der Waals surface area contributed by atoms with E-state index in [0.717, 1.165) is 29.7 Å². The molecule has 4 heteroatoms. The van der Waals surface area contributed by atoms with Gasteiger partial charge in [-0.1, -0.05) is 76.6 Å². The molecule has 0 aromatic heterocycles. The molecule has 0 atom stereocenters. The molecular weight excluding hydrogens is 410 g/mol. The fourth-order valence-electron chi connectivity index (χ4n) is 2.66. The molecule has 0 saturated heterocycles. The van der Waals surface area contributed by atoms with E-state index in [1.807, 2.05) is 30.3 Å². The quantitative estimate of drug-likeness (QED) is 0.455. The van der Waals surface area contributed by atoms with Crippen molar-refractivity contribution in [1.29, 1.82) is 0 Å². The Morgan fingerprint density at radius 1 is 0.808 bits per heavy atom. The molecule has 0 aliphatic carbocycles. The van der Waals surface area contributed by atoms with E-state index in [9.17, 15) is 0 Å². The Labute approximate surface area is 170 Å². The molecule has 0 spiro atoms. The molecule has 136 valence electrons. The average Bonchev–Trinajstić information content (AvgIpc) is 2.66. The number of halogens is 2. The lowest BCUT2D eigenvalue weighted by atomic mass is 10.1. The lowest BCUT2D eigenvalue weighted by Gasteiger charge is -2.13. The van der Waals surface area contributed by atoms with Crippen LogP contribution in [-0.4, -0.2) is 6.54 Å². The van der Waals surface area contributed by atoms with Gasteiger partial charge in [0.05, 0.1) is 0 Å². The van der Waals surface area contributed by atoms with E-state index in [0.29, 0.717) is 6.61 Å². The van der Waals surface area contributed by atoms with Gasteiger partial charge in [-0.3, -0.25) is 0 Å². The second kappa shape index (κ2) is 11.0.